The van der Waals surface area contributed by atoms with Crippen molar-refractivity contribution in [2.75, 3.05) is 13.1 Å². The first kappa shape index (κ1) is 16.3. The Balaban J connectivity index is 2.09. The number of halogens is 3. The van der Waals surface area contributed by atoms with Crippen LogP contribution in [0.5, 0.6) is 0 Å². The predicted molar refractivity (Wildman–Crippen MR) is 71.1 cm³/mol. The first-order valence-electron chi connectivity index (χ1n) is 6.70. The Morgan fingerprint density at radius 1 is 1.43 bits per heavy atom. The molecular formula is C12H18F3N3O2S. The van der Waals surface area contributed by atoms with Gasteiger partial charge in [-0.1, -0.05) is 6.92 Å². The molecular weight excluding hydrogens is 307 g/mol. The Morgan fingerprint density at radius 2 is 2.10 bits per heavy atom. The molecule has 9 heteroatoms. The SMILES string of the molecule is CCN(CC(F)(F)F)S(=O)(=O)c1c[nH]c(CNC2CC2)c1. The zero-order chi connectivity index (χ0) is 15.7. The van der Waals surface area contributed by atoms with Gasteiger partial charge in [-0.2, -0.15) is 17.5 Å². The number of aromatic amines is 1. The molecule has 1 aliphatic rings. The third kappa shape index (κ3) is 4.45. The maximum absolute atomic E-state index is 12.4. The second-order valence-corrected chi connectivity index (χ2v) is 7.00. The molecule has 0 aliphatic heterocycles. The van der Waals surface area contributed by atoms with E-state index in [9.17, 15) is 21.6 Å². The van der Waals surface area contributed by atoms with Gasteiger partial charge in [-0.25, -0.2) is 8.42 Å². The third-order valence-corrected chi connectivity index (χ3v) is 5.12. The van der Waals surface area contributed by atoms with E-state index in [0.717, 1.165) is 12.8 Å². The van der Waals surface area contributed by atoms with Crippen LogP contribution in [0.3, 0.4) is 0 Å². The van der Waals surface area contributed by atoms with E-state index in [-0.39, 0.29) is 11.4 Å². The monoisotopic (exact) mass is 325 g/mol. The van der Waals surface area contributed by atoms with E-state index in [1.165, 1.54) is 19.2 Å². The third-order valence-electron chi connectivity index (χ3n) is 3.22. The number of H-pyrrole nitrogens is 1. The Morgan fingerprint density at radius 3 is 2.62 bits per heavy atom. The average Bonchev–Trinajstić information content (AvgIpc) is 3.08. The van der Waals surface area contributed by atoms with Crippen molar-refractivity contribution in [1.82, 2.24) is 14.6 Å². The van der Waals surface area contributed by atoms with Crippen LogP contribution in [-0.2, 0) is 16.6 Å². The number of hydrogen-bond donors (Lipinski definition) is 2. The van der Waals surface area contributed by atoms with Gasteiger partial charge in [0.15, 0.2) is 0 Å². The highest BCUT2D eigenvalue weighted by Crippen LogP contribution is 2.23. The van der Waals surface area contributed by atoms with Gasteiger partial charge in [0.25, 0.3) is 0 Å². The summed E-state index contributed by atoms with van der Waals surface area (Å²) < 4.78 is 62.1. The van der Waals surface area contributed by atoms with Crippen LogP contribution in [0.1, 0.15) is 25.5 Å². The summed E-state index contributed by atoms with van der Waals surface area (Å²) in [6.07, 6.45) is -1.13. The molecule has 5 nitrogen and oxygen atoms in total. The maximum atomic E-state index is 12.4. The molecule has 120 valence electrons. The average molecular weight is 325 g/mol. The van der Waals surface area contributed by atoms with Gasteiger partial charge in [-0.05, 0) is 18.9 Å². The Hall–Kier alpha value is -1.06. The smallest absolute Gasteiger partial charge is 0.363 e. The molecule has 0 spiro atoms. The minimum atomic E-state index is -4.56. The van der Waals surface area contributed by atoms with Crippen LogP contribution in [0.25, 0.3) is 0 Å². The number of alkyl halides is 3. The second-order valence-electron chi connectivity index (χ2n) is 5.06. The van der Waals surface area contributed by atoms with Gasteiger partial charge in [0.05, 0.1) is 4.90 Å². The Bertz CT molecular complexity index is 579. The lowest BCUT2D eigenvalue weighted by Gasteiger charge is -2.21. The zero-order valence-corrected chi connectivity index (χ0v) is 12.4. The Kier molecular flexibility index (Phi) is 4.64. The van der Waals surface area contributed by atoms with E-state index in [1.54, 1.807) is 0 Å². The van der Waals surface area contributed by atoms with Gasteiger partial charge in [0.1, 0.15) is 6.54 Å². The van der Waals surface area contributed by atoms with E-state index < -0.39 is 22.7 Å². The highest BCUT2D eigenvalue weighted by atomic mass is 32.2. The number of nitrogens with zero attached hydrogens (tertiary/aromatic N) is 1. The first-order valence-corrected chi connectivity index (χ1v) is 8.14. The molecule has 0 amide bonds. The molecule has 1 fully saturated rings. The summed E-state index contributed by atoms with van der Waals surface area (Å²) in [7, 11) is -4.13. The van der Waals surface area contributed by atoms with Crippen molar-refractivity contribution in [3.63, 3.8) is 0 Å². The molecule has 1 aromatic rings. The minimum absolute atomic E-state index is 0.138. The molecule has 0 unspecified atom stereocenters. The van der Waals surface area contributed by atoms with E-state index in [0.29, 0.717) is 22.6 Å². The van der Waals surface area contributed by atoms with Crippen LogP contribution >= 0.6 is 0 Å². The van der Waals surface area contributed by atoms with Crippen molar-refractivity contribution in [3.05, 3.63) is 18.0 Å². The molecule has 2 N–H and O–H groups in total. The number of hydrogen-bond acceptors (Lipinski definition) is 3. The molecule has 2 rings (SSSR count). The zero-order valence-electron chi connectivity index (χ0n) is 11.6. The molecule has 0 bridgehead atoms. The van der Waals surface area contributed by atoms with Crippen LogP contribution < -0.4 is 5.32 Å². The van der Waals surface area contributed by atoms with Gasteiger partial charge in [0, 0.05) is 31.0 Å². The summed E-state index contributed by atoms with van der Waals surface area (Å²) in [4.78, 5) is 2.65. The van der Waals surface area contributed by atoms with Crippen molar-refractivity contribution < 1.29 is 21.6 Å². The highest BCUT2D eigenvalue weighted by Gasteiger charge is 2.36. The summed E-state index contributed by atoms with van der Waals surface area (Å²) in [5, 5.41) is 3.20. The lowest BCUT2D eigenvalue weighted by molar-refractivity contribution is -0.135. The van der Waals surface area contributed by atoms with Gasteiger partial charge >= 0.3 is 6.18 Å². The van der Waals surface area contributed by atoms with Crippen LogP contribution in [0.15, 0.2) is 17.2 Å². The van der Waals surface area contributed by atoms with Crippen LogP contribution in [0.4, 0.5) is 13.2 Å². The topological polar surface area (TPSA) is 65.2 Å². The summed E-state index contributed by atoms with van der Waals surface area (Å²) in [5.41, 5.74) is 0.642. The molecule has 0 radical (unpaired) electrons. The summed E-state index contributed by atoms with van der Waals surface area (Å²) in [6, 6.07) is 1.84. The molecule has 0 atom stereocenters. The van der Waals surface area contributed by atoms with Gasteiger partial charge in [-0.3, -0.25) is 0 Å². The lowest BCUT2D eigenvalue weighted by Crippen LogP contribution is -2.38. The summed E-state index contributed by atoms with van der Waals surface area (Å²) in [6.45, 7) is 0.145. The van der Waals surface area contributed by atoms with Crippen molar-refractivity contribution in [2.24, 2.45) is 0 Å². The molecule has 1 aliphatic carbocycles. The fourth-order valence-corrected chi connectivity index (χ4v) is 3.38. The van der Waals surface area contributed by atoms with Crippen molar-refractivity contribution in [3.8, 4) is 0 Å². The van der Waals surface area contributed by atoms with Crippen LogP contribution in [-0.4, -0.2) is 43.0 Å². The largest absolute Gasteiger partial charge is 0.402 e. The van der Waals surface area contributed by atoms with E-state index in [2.05, 4.69) is 10.3 Å². The standard InChI is InChI=1S/C12H18F3N3O2S/c1-2-18(8-12(13,14)15)21(19,20)11-5-10(17-7-11)6-16-9-3-4-9/h5,7,9,16-17H,2-4,6,8H2,1H3. The normalized spacial score (nSPS) is 16.6. The molecule has 1 saturated carbocycles. The first-order chi connectivity index (χ1) is 9.72. The fraction of sp³-hybridized carbons (Fsp3) is 0.667. The second kappa shape index (κ2) is 5.98. The molecule has 1 aromatic heterocycles. The van der Waals surface area contributed by atoms with Crippen molar-refractivity contribution in [1.29, 1.82) is 0 Å². The van der Waals surface area contributed by atoms with Gasteiger partial charge in [-0.15, -0.1) is 0 Å². The summed E-state index contributed by atoms with van der Waals surface area (Å²) in [5.74, 6) is 0. The van der Waals surface area contributed by atoms with E-state index in [1.807, 2.05) is 0 Å². The maximum Gasteiger partial charge on any atom is 0.402 e. The molecule has 0 saturated heterocycles. The highest BCUT2D eigenvalue weighted by molar-refractivity contribution is 7.89. The molecule has 1 heterocycles. The fourth-order valence-electron chi connectivity index (χ4n) is 1.93. The molecule has 21 heavy (non-hydrogen) atoms. The van der Waals surface area contributed by atoms with Gasteiger partial charge < -0.3 is 10.3 Å². The van der Waals surface area contributed by atoms with Gasteiger partial charge in [0.2, 0.25) is 10.0 Å². The van der Waals surface area contributed by atoms with Crippen LogP contribution in [0, 0.1) is 0 Å². The predicted octanol–water partition coefficient (Wildman–Crippen LogP) is 1.84. The minimum Gasteiger partial charge on any atom is -0.363 e. The number of aromatic nitrogens is 1. The lowest BCUT2D eigenvalue weighted by atomic mass is 10.4. The van der Waals surface area contributed by atoms with Crippen molar-refractivity contribution >= 4 is 10.0 Å². The molecule has 0 aromatic carbocycles. The van der Waals surface area contributed by atoms with Crippen LogP contribution in [0.2, 0.25) is 0 Å². The number of nitrogens with one attached hydrogen (secondary N) is 2. The van der Waals surface area contributed by atoms with E-state index in [4.69, 9.17) is 0 Å². The number of sulfonamides is 1. The van der Waals surface area contributed by atoms with Crippen molar-refractivity contribution in [2.45, 2.75) is 43.4 Å². The van der Waals surface area contributed by atoms with E-state index >= 15 is 0 Å². The summed E-state index contributed by atoms with van der Waals surface area (Å²) >= 11 is 0. The Labute approximate surface area is 121 Å². The number of rotatable bonds is 7. The quantitative estimate of drug-likeness (QED) is 0.804.